The molecule has 2 heterocycles. The van der Waals surface area contributed by atoms with Gasteiger partial charge in [0, 0.05) is 24.5 Å². The number of thiophene rings is 1. The van der Waals surface area contributed by atoms with Crippen molar-refractivity contribution in [1.29, 1.82) is 0 Å². The summed E-state index contributed by atoms with van der Waals surface area (Å²) < 4.78 is 11.2. The molecule has 1 unspecified atom stereocenters. The Morgan fingerprint density at radius 1 is 1.11 bits per heavy atom. The highest BCUT2D eigenvalue weighted by atomic mass is 32.1. The first-order valence-electron chi connectivity index (χ1n) is 9.53. The Morgan fingerprint density at radius 3 is 2.71 bits per heavy atom. The maximum Gasteiger partial charge on any atom is 0.258 e. The van der Waals surface area contributed by atoms with Gasteiger partial charge in [0.25, 0.3) is 5.91 Å². The van der Waals surface area contributed by atoms with Gasteiger partial charge < -0.3 is 14.8 Å². The van der Waals surface area contributed by atoms with Gasteiger partial charge in [-0.25, -0.2) is 0 Å². The topological polar surface area (TPSA) is 50.8 Å². The van der Waals surface area contributed by atoms with Crippen LogP contribution in [0.2, 0.25) is 0 Å². The minimum atomic E-state index is -0.108. The zero-order valence-corrected chi connectivity index (χ0v) is 16.5. The Labute approximate surface area is 168 Å². The van der Waals surface area contributed by atoms with Crippen LogP contribution < -0.4 is 10.1 Å². The number of carbonyl (C=O) groups excluding carboxylic acids is 1. The highest BCUT2D eigenvalue weighted by Gasteiger charge is 2.23. The number of benzene rings is 2. The number of hydrogen-bond donors (Lipinski definition) is 1. The van der Waals surface area contributed by atoms with Crippen molar-refractivity contribution in [1.82, 2.24) is 10.2 Å². The summed E-state index contributed by atoms with van der Waals surface area (Å²) in [5.41, 5.74) is 0. The molecule has 1 fully saturated rings. The predicted molar refractivity (Wildman–Crippen MR) is 112 cm³/mol. The van der Waals surface area contributed by atoms with E-state index in [-0.39, 0.29) is 18.6 Å². The van der Waals surface area contributed by atoms with E-state index in [2.05, 4.69) is 33.8 Å². The summed E-state index contributed by atoms with van der Waals surface area (Å²) in [4.78, 5) is 16.0. The molecular formula is C22H24N2O3S. The van der Waals surface area contributed by atoms with E-state index in [1.54, 1.807) is 11.3 Å². The van der Waals surface area contributed by atoms with E-state index >= 15 is 0 Å². The molecule has 1 aromatic heterocycles. The van der Waals surface area contributed by atoms with Gasteiger partial charge in [-0.1, -0.05) is 36.4 Å². The third kappa shape index (κ3) is 4.70. The molecule has 0 bridgehead atoms. The molecule has 1 aliphatic heterocycles. The Kier molecular flexibility index (Phi) is 6.21. The number of morpholine rings is 1. The van der Waals surface area contributed by atoms with E-state index in [4.69, 9.17) is 9.47 Å². The van der Waals surface area contributed by atoms with Crippen LogP contribution in [0.1, 0.15) is 10.9 Å². The number of carbonyl (C=O) groups is 1. The lowest BCUT2D eigenvalue weighted by atomic mass is 10.1. The molecule has 1 atom stereocenters. The predicted octanol–water partition coefficient (Wildman–Crippen LogP) is 3.47. The summed E-state index contributed by atoms with van der Waals surface area (Å²) >= 11 is 1.72. The van der Waals surface area contributed by atoms with Crippen molar-refractivity contribution in [2.75, 3.05) is 39.5 Å². The van der Waals surface area contributed by atoms with Gasteiger partial charge in [0.15, 0.2) is 6.61 Å². The second kappa shape index (κ2) is 9.19. The molecule has 0 spiro atoms. The Bertz CT molecular complexity index is 907. The first kappa shape index (κ1) is 18.9. The minimum Gasteiger partial charge on any atom is -0.484 e. The molecule has 0 radical (unpaired) electrons. The normalized spacial score (nSPS) is 16.0. The summed E-state index contributed by atoms with van der Waals surface area (Å²) in [5.74, 6) is 0.597. The van der Waals surface area contributed by atoms with Gasteiger partial charge in [0.1, 0.15) is 5.75 Å². The molecule has 1 saturated heterocycles. The molecule has 4 rings (SSSR count). The Balaban J connectivity index is 1.32. The van der Waals surface area contributed by atoms with Gasteiger partial charge in [-0.15, -0.1) is 11.3 Å². The van der Waals surface area contributed by atoms with Crippen molar-refractivity contribution in [3.05, 3.63) is 64.9 Å². The largest absolute Gasteiger partial charge is 0.484 e. The molecule has 1 N–H and O–H groups in total. The fourth-order valence-corrected chi connectivity index (χ4v) is 4.31. The summed E-state index contributed by atoms with van der Waals surface area (Å²) in [6.07, 6.45) is 0. The van der Waals surface area contributed by atoms with Crippen LogP contribution >= 0.6 is 11.3 Å². The number of amides is 1. The number of rotatable bonds is 7. The summed E-state index contributed by atoms with van der Waals surface area (Å²) in [5, 5.41) is 7.37. The number of nitrogens with one attached hydrogen (secondary N) is 1. The van der Waals surface area contributed by atoms with Crippen LogP contribution in [0.5, 0.6) is 5.75 Å². The van der Waals surface area contributed by atoms with Crippen molar-refractivity contribution >= 4 is 28.0 Å². The first-order chi connectivity index (χ1) is 13.8. The van der Waals surface area contributed by atoms with E-state index < -0.39 is 0 Å². The summed E-state index contributed by atoms with van der Waals surface area (Å²) in [6, 6.07) is 18.3. The van der Waals surface area contributed by atoms with E-state index in [1.807, 2.05) is 36.4 Å². The number of nitrogens with zero attached hydrogens (tertiary/aromatic N) is 1. The van der Waals surface area contributed by atoms with Gasteiger partial charge in [-0.05, 0) is 34.4 Å². The molecule has 5 nitrogen and oxygen atoms in total. The lowest BCUT2D eigenvalue weighted by Crippen LogP contribution is -2.44. The van der Waals surface area contributed by atoms with E-state index in [0.717, 1.165) is 37.1 Å². The monoisotopic (exact) mass is 396 g/mol. The van der Waals surface area contributed by atoms with E-state index in [1.165, 1.54) is 4.88 Å². The van der Waals surface area contributed by atoms with E-state index in [9.17, 15) is 4.79 Å². The van der Waals surface area contributed by atoms with Crippen molar-refractivity contribution in [3.8, 4) is 5.75 Å². The molecule has 1 aliphatic rings. The molecule has 2 aromatic carbocycles. The van der Waals surface area contributed by atoms with Crippen LogP contribution in [-0.4, -0.2) is 50.3 Å². The second-order valence-electron chi connectivity index (χ2n) is 6.78. The first-order valence-corrected chi connectivity index (χ1v) is 10.4. The molecular weight excluding hydrogens is 372 g/mol. The average molecular weight is 397 g/mol. The smallest absolute Gasteiger partial charge is 0.258 e. The fraction of sp³-hybridized carbons (Fsp3) is 0.318. The van der Waals surface area contributed by atoms with Crippen LogP contribution in [0.3, 0.4) is 0 Å². The van der Waals surface area contributed by atoms with Gasteiger partial charge >= 0.3 is 0 Å². The zero-order valence-electron chi connectivity index (χ0n) is 15.7. The maximum absolute atomic E-state index is 12.4. The van der Waals surface area contributed by atoms with Crippen molar-refractivity contribution in [2.45, 2.75) is 6.04 Å². The third-order valence-corrected chi connectivity index (χ3v) is 5.92. The summed E-state index contributed by atoms with van der Waals surface area (Å²) in [6.45, 7) is 3.82. The number of ether oxygens (including phenoxy) is 2. The Morgan fingerprint density at radius 2 is 1.93 bits per heavy atom. The van der Waals surface area contributed by atoms with Crippen LogP contribution in [0.25, 0.3) is 10.8 Å². The minimum absolute atomic E-state index is 0.0125. The zero-order chi connectivity index (χ0) is 19.2. The molecule has 28 heavy (non-hydrogen) atoms. The van der Waals surface area contributed by atoms with E-state index in [0.29, 0.717) is 12.3 Å². The lowest BCUT2D eigenvalue weighted by molar-refractivity contribution is -0.123. The van der Waals surface area contributed by atoms with Crippen LogP contribution in [0.15, 0.2) is 60.0 Å². The van der Waals surface area contributed by atoms with Gasteiger partial charge in [-0.2, -0.15) is 0 Å². The third-order valence-electron chi connectivity index (χ3n) is 4.94. The molecule has 1 amide bonds. The molecule has 0 saturated carbocycles. The van der Waals surface area contributed by atoms with Crippen molar-refractivity contribution in [2.24, 2.45) is 0 Å². The quantitative estimate of drug-likeness (QED) is 0.664. The van der Waals surface area contributed by atoms with Crippen molar-refractivity contribution in [3.63, 3.8) is 0 Å². The molecule has 6 heteroatoms. The standard InChI is InChI=1S/C22H24N2O3S/c25-22(16-27-19-8-7-17-4-1-2-5-18(17)14-19)23-15-20(21-6-3-13-28-21)24-9-11-26-12-10-24/h1-8,13-14,20H,9-12,15-16H2,(H,23,25). The average Bonchev–Trinajstić information content (AvgIpc) is 3.27. The number of fused-ring (bicyclic) bond motifs is 1. The lowest BCUT2D eigenvalue weighted by Gasteiger charge is -2.34. The maximum atomic E-state index is 12.4. The van der Waals surface area contributed by atoms with Gasteiger partial charge in [-0.3, -0.25) is 9.69 Å². The molecule has 146 valence electrons. The van der Waals surface area contributed by atoms with Crippen LogP contribution in [0, 0.1) is 0 Å². The molecule has 3 aromatic rings. The van der Waals surface area contributed by atoms with Crippen molar-refractivity contribution < 1.29 is 14.3 Å². The second-order valence-corrected chi connectivity index (χ2v) is 7.76. The SMILES string of the molecule is O=C(COc1ccc2ccccc2c1)NCC(c1cccs1)N1CCOCC1. The van der Waals surface area contributed by atoms with Crippen LogP contribution in [0.4, 0.5) is 0 Å². The number of hydrogen-bond acceptors (Lipinski definition) is 5. The highest BCUT2D eigenvalue weighted by Crippen LogP contribution is 2.25. The fourth-order valence-electron chi connectivity index (χ4n) is 3.45. The highest BCUT2D eigenvalue weighted by molar-refractivity contribution is 7.10. The van der Waals surface area contributed by atoms with Gasteiger partial charge in [0.2, 0.25) is 0 Å². The van der Waals surface area contributed by atoms with Gasteiger partial charge in [0.05, 0.1) is 19.3 Å². The molecule has 0 aliphatic carbocycles. The van der Waals surface area contributed by atoms with Crippen LogP contribution in [-0.2, 0) is 9.53 Å². The Hall–Kier alpha value is -2.41. The summed E-state index contributed by atoms with van der Waals surface area (Å²) in [7, 11) is 0.